The van der Waals surface area contributed by atoms with Gasteiger partial charge in [0.2, 0.25) is 0 Å². The molecule has 1 unspecified atom stereocenters. The van der Waals surface area contributed by atoms with Crippen LogP contribution >= 0.6 is 7.14 Å². The van der Waals surface area contributed by atoms with Crippen molar-refractivity contribution in [3.63, 3.8) is 0 Å². The Bertz CT molecular complexity index is 1780. The molecule has 2 aliphatic rings. The Balaban J connectivity index is 1.62. The summed E-state index contributed by atoms with van der Waals surface area (Å²) < 4.78 is 15.8. The number of allylic oxidation sites excluding steroid dienone is 4. The summed E-state index contributed by atoms with van der Waals surface area (Å²) in [5, 5.41) is 4.81. The molecular weight excluding hydrogens is 457 g/mol. The minimum atomic E-state index is -3.26. The van der Waals surface area contributed by atoms with E-state index in [2.05, 4.69) is 91.0 Å². The van der Waals surface area contributed by atoms with Crippen molar-refractivity contribution in [3.05, 3.63) is 127 Å². The summed E-state index contributed by atoms with van der Waals surface area (Å²) in [5.74, 6) is 0. The number of benzene rings is 4. The Kier molecular flexibility index (Phi) is 4.91. The van der Waals surface area contributed by atoms with E-state index in [4.69, 9.17) is 4.98 Å². The molecule has 0 fully saturated rings. The van der Waals surface area contributed by atoms with Gasteiger partial charge in [-0.3, -0.25) is 4.98 Å². The van der Waals surface area contributed by atoms with Crippen molar-refractivity contribution in [1.29, 1.82) is 0 Å². The van der Waals surface area contributed by atoms with Crippen LogP contribution in [0.3, 0.4) is 0 Å². The van der Waals surface area contributed by atoms with Gasteiger partial charge in [-0.1, -0.05) is 91.0 Å². The van der Waals surface area contributed by atoms with Crippen LogP contribution in [0.2, 0.25) is 0 Å². The van der Waals surface area contributed by atoms with Crippen molar-refractivity contribution in [2.24, 2.45) is 0 Å². The third-order valence-corrected chi connectivity index (χ3v) is 10.5. The van der Waals surface area contributed by atoms with Gasteiger partial charge in [0.25, 0.3) is 0 Å². The Morgan fingerprint density at radius 1 is 0.750 bits per heavy atom. The molecule has 0 spiro atoms. The second-order valence-corrected chi connectivity index (χ2v) is 12.1. The van der Waals surface area contributed by atoms with E-state index in [-0.39, 0.29) is 0 Å². The average Bonchev–Trinajstić information content (AvgIpc) is 3.06. The molecule has 1 aliphatic carbocycles. The monoisotopic (exact) mass is 481 g/mol. The van der Waals surface area contributed by atoms with E-state index >= 15 is 4.57 Å². The lowest BCUT2D eigenvalue weighted by atomic mass is 9.93. The number of hydrogen-bond donors (Lipinski definition) is 0. The maximum Gasteiger partial charge on any atom is 0.173 e. The summed E-state index contributed by atoms with van der Waals surface area (Å²) in [6, 6.07) is 33.3. The van der Waals surface area contributed by atoms with Crippen LogP contribution in [-0.4, -0.2) is 4.98 Å². The fraction of sp³-hybridized carbons (Fsp3) is 0.0606. The summed E-state index contributed by atoms with van der Waals surface area (Å²) in [6.07, 6.45) is 10.3. The number of aromatic nitrogens is 1. The summed E-state index contributed by atoms with van der Waals surface area (Å²) in [5.41, 5.74) is 6.39. The molecule has 1 aromatic heterocycles. The quantitative estimate of drug-likeness (QED) is 0.244. The molecule has 0 radical (unpaired) electrons. The van der Waals surface area contributed by atoms with Crippen LogP contribution < -0.4 is 15.9 Å². The Morgan fingerprint density at radius 3 is 2.50 bits per heavy atom. The van der Waals surface area contributed by atoms with Crippen LogP contribution in [0.15, 0.2) is 121 Å². The fourth-order valence-corrected chi connectivity index (χ4v) is 8.77. The zero-order valence-electron chi connectivity index (χ0n) is 19.8. The third-order valence-electron chi connectivity index (χ3n) is 7.42. The maximum atomic E-state index is 15.8. The first-order valence-corrected chi connectivity index (χ1v) is 14.1. The molecule has 2 nitrogen and oxygen atoms in total. The third kappa shape index (κ3) is 3.11. The molecule has 0 bridgehead atoms. The lowest BCUT2D eigenvalue weighted by Crippen LogP contribution is -2.27. The van der Waals surface area contributed by atoms with Crippen molar-refractivity contribution in [3.8, 4) is 22.4 Å². The Labute approximate surface area is 211 Å². The highest BCUT2D eigenvalue weighted by atomic mass is 31.2. The molecule has 4 aromatic carbocycles. The van der Waals surface area contributed by atoms with Crippen LogP contribution in [0, 0.1) is 0 Å². The lowest BCUT2D eigenvalue weighted by Gasteiger charge is -2.23. The summed E-state index contributed by atoms with van der Waals surface area (Å²) >= 11 is 0. The second kappa shape index (κ2) is 8.29. The molecule has 0 saturated heterocycles. The highest BCUT2D eigenvalue weighted by molar-refractivity contribution is 7.85. The van der Waals surface area contributed by atoms with Crippen LogP contribution in [0.5, 0.6) is 0 Å². The highest BCUT2D eigenvalue weighted by Gasteiger charge is 2.39. The number of nitrogens with zero attached hydrogens (tertiary/aromatic N) is 1. The lowest BCUT2D eigenvalue weighted by molar-refractivity contribution is 0.592. The molecule has 172 valence electrons. The molecule has 1 aliphatic heterocycles. The minimum absolute atomic E-state index is 0.807. The summed E-state index contributed by atoms with van der Waals surface area (Å²) in [4.78, 5) is 4.82. The van der Waals surface area contributed by atoms with Gasteiger partial charge in [-0.2, -0.15) is 0 Å². The highest BCUT2D eigenvalue weighted by Crippen LogP contribution is 2.52. The summed E-state index contributed by atoms with van der Waals surface area (Å²) in [7, 11) is -3.26. The molecular formula is C33H24NOP. The van der Waals surface area contributed by atoms with Crippen LogP contribution in [0.4, 0.5) is 0 Å². The second-order valence-electron chi connectivity index (χ2n) is 9.42. The predicted octanol–water partition coefficient (Wildman–Crippen LogP) is 7.26. The van der Waals surface area contributed by atoms with Crippen LogP contribution in [0.1, 0.15) is 18.4 Å². The molecule has 3 heteroatoms. The molecule has 0 amide bonds. The first-order chi connectivity index (χ1) is 17.7. The van der Waals surface area contributed by atoms with Gasteiger partial charge in [-0.05, 0) is 64.6 Å². The topological polar surface area (TPSA) is 30.0 Å². The van der Waals surface area contributed by atoms with Crippen molar-refractivity contribution in [1.82, 2.24) is 4.98 Å². The van der Waals surface area contributed by atoms with E-state index in [1.807, 2.05) is 30.5 Å². The molecule has 1 atom stereocenters. The Hall–Kier alpha value is -4.00. The van der Waals surface area contributed by atoms with E-state index in [0.29, 0.717) is 0 Å². The van der Waals surface area contributed by atoms with Gasteiger partial charge in [0, 0.05) is 33.2 Å². The van der Waals surface area contributed by atoms with Gasteiger partial charge in [-0.15, -0.1) is 0 Å². The number of fused-ring (bicyclic) bond motifs is 7. The van der Waals surface area contributed by atoms with Crippen molar-refractivity contribution in [2.45, 2.75) is 12.8 Å². The number of pyridine rings is 1. The van der Waals surface area contributed by atoms with E-state index in [1.165, 1.54) is 5.57 Å². The zero-order chi connectivity index (χ0) is 24.1. The van der Waals surface area contributed by atoms with E-state index in [1.54, 1.807) is 0 Å². The van der Waals surface area contributed by atoms with Crippen molar-refractivity contribution in [2.75, 3.05) is 0 Å². The zero-order valence-corrected chi connectivity index (χ0v) is 20.7. The van der Waals surface area contributed by atoms with E-state index < -0.39 is 7.14 Å². The van der Waals surface area contributed by atoms with Crippen LogP contribution in [0.25, 0.3) is 38.7 Å². The standard InChI is InChI=1S/C33H24NOP/c35-36(26-14-8-13-25(22-26)23-10-2-1-3-11-23)30-20-19-24-12-4-5-15-27(24)32(30)28-16-6-7-17-29(28)33-31(36)18-9-21-34-33/h1-2,4-10,12-22H,3,11H2. The molecule has 0 saturated carbocycles. The summed E-state index contributed by atoms with van der Waals surface area (Å²) in [6.45, 7) is 0. The predicted molar refractivity (Wildman–Crippen MR) is 152 cm³/mol. The van der Waals surface area contributed by atoms with Gasteiger partial charge in [0.05, 0.1) is 5.69 Å². The molecule has 5 aromatic rings. The minimum Gasteiger partial charge on any atom is -0.309 e. The van der Waals surface area contributed by atoms with Gasteiger partial charge in [-0.25, -0.2) is 0 Å². The molecule has 36 heavy (non-hydrogen) atoms. The Morgan fingerprint density at radius 2 is 1.61 bits per heavy atom. The number of rotatable bonds is 2. The van der Waals surface area contributed by atoms with Gasteiger partial charge in [0.1, 0.15) is 0 Å². The van der Waals surface area contributed by atoms with Crippen LogP contribution in [-0.2, 0) is 4.57 Å². The van der Waals surface area contributed by atoms with E-state index in [0.717, 1.165) is 67.5 Å². The number of hydrogen-bond acceptors (Lipinski definition) is 2. The van der Waals surface area contributed by atoms with E-state index in [9.17, 15) is 0 Å². The maximum absolute atomic E-state index is 15.8. The fourth-order valence-electron chi connectivity index (χ4n) is 5.72. The molecule has 2 heterocycles. The molecule has 7 rings (SSSR count). The van der Waals surface area contributed by atoms with Crippen molar-refractivity contribution < 1.29 is 4.57 Å². The van der Waals surface area contributed by atoms with Gasteiger partial charge < -0.3 is 4.57 Å². The normalized spacial score (nSPS) is 18.1. The first-order valence-electron chi connectivity index (χ1n) is 12.4. The van der Waals surface area contributed by atoms with Crippen molar-refractivity contribution >= 4 is 39.4 Å². The smallest absolute Gasteiger partial charge is 0.173 e. The average molecular weight is 482 g/mol. The SMILES string of the molecule is O=P1(c2cccc(C3=CC=CCC3)c2)c2cccnc2-c2ccccc2-c2c1ccc1ccccc21. The van der Waals surface area contributed by atoms with Gasteiger partial charge in [0.15, 0.2) is 7.14 Å². The molecule has 0 N–H and O–H groups in total. The largest absolute Gasteiger partial charge is 0.309 e. The van der Waals surface area contributed by atoms with Gasteiger partial charge >= 0.3 is 0 Å². The first kappa shape index (κ1) is 21.3.